The Kier molecular flexibility index (Phi) is 6.94. The maximum Gasteiger partial charge on any atom is 0.0900 e. The molecule has 3 nitrogen and oxygen atoms in total. The third kappa shape index (κ3) is 5.63. The first-order valence-corrected chi connectivity index (χ1v) is 6.62. The number of aliphatic hydroxyl groups excluding tert-OH is 1. The van der Waals surface area contributed by atoms with Crippen molar-refractivity contribution in [2.75, 3.05) is 33.4 Å². The molecular weight excluding hydrogens is 226 g/mol. The van der Waals surface area contributed by atoms with Crippen LogP contribution in [0.2, 0.25) is 0 Å². The lowest BCUT2D eigenvalue weighted by Crippen LogP contribution is -2.34. The predicted molar refractivity (Wildman–Crippen MR) is 74.9 cm³/mol. The van der Waals surface area contributed by atoms with E-state index in [0.29, 0.717) is 25.7 Å². The van der Waals surface area contributed by atoms with Crippen LogP contribution >= 0.6 is 0 Å². The lowest BCUT2D eigenvalue weighted by Gasteiger charge is -2.24. The second kappa shape index (κ2) is 8.25. The highest BCUT2D eigenvalue weighted by atomic mass is 16.5. The Morgan fingerprint density at radius 3 is 2.50 bits per heavy atom. The normalized spacial score (nSPS) is 14.7. The van der Waals surface area contributed by atoms with Gasteiger partial charge in [-0.2, -0.15) is 0 Å². The van der Waals surface area contributed by atoms with E-state index in [1.165, 1.54) is 5.56 Å². The smallest absolute Gasteiger partial charge is 0.0900 e. The van der Waals surface area contributed by atoms with Gasteiger partial charge in [-0.1, -0.05) is 37.3 Å². The standard InChI is InChI=1S/C15H25NO2/c1-4-18-12-15(17)11-16(3)10-13(2)14-8-6-5-7-9-14/h5-9,13,15,17H,4,10-12H2,1-3H3/t13-,15+/m1/s1. The van der Waals surface area contributed by atoms with Crippen LogP contribution in [0.1, 0.15) is 25.3 Å². The number of hydrogen-bond donors (Lipinski definition) is 1. The molecule has 0 aromatic heterocycles. The largest absolute Gasteiger partial charge is 0.389 e. The van der Waals surface area contributed by atoms with Crippen molar-refractivity contribution in [2.24, 2.45) is 0 Å². The monoisotopic (exact) mass is 251 g/mol. The molecule has 0 fully saturated rings. The van der Waals surface area contributed by atoms with Crippen LogP contribution in [0.15, 0.2) is 30.3 Å². The summed E-state index contributed by atoms with van der Waals surface area (Å²) < 4.78 is 5.21. The van der Waals surface area contributed by atoms with Crippen LogP contribution in [0.3, 0.4) is 0 Å². The zero-order valence-electron chi connectivity index (χ0n) is 11.7. The minimum absolute atomic E-state index is 0.405. The molecule has 1 aromatic rings. The van der Waals surface area contributed by atoms with E-state index >= 15 is 0 Å². The number of nitrogens with zero attached hydrogens (tertiary/aromatic N) is 1. The highest BCUT2D eigenvalue weighted by molar-refractivity contribution is 5.18. The summed E-state index contributed by atoms with van der Waals surface area (Å²) in [6, 6.07) is 10.5. The van der Waals surface area contributed by atoms with Gasteiger partial charge in [-0.05, 0) is 25.5 Å². The molecule has 102 valence electrons. The van der Waals surface area contributed by atoms with Gasteiger partial charge in [0.25, 0.3) is 0 Å². The van der Waals surface area contributed by atoms with Gasteiger partial charge < -0.3 is 14.7 Å². The van der Waals surface area contributed by atoms with Crippen molar-refractivity contribution in [3.05, 3.63) is 35.9 Å². The van der Waals surface area contributed by atoms with Gasteiger partial charge in [0, 0.05) is 19.7 Å². The Morgan fingerprint density at radius 1 is 1.22 bits per heavy atom. The molecule has 0 aliphatic rings. The van der Waals surface area contributed by atoms with Crippen molar-refractivity contribution < 1.29 is 9.84 Å². The third-order valence-corrected chi connectivity index (χ3v) is 2.99. The van der Waals surface area contributed by atoms with Gasteiger partial charge in [0.15, 0.2) is 0 Å². The Morgan fingerprint density at radius 2 is 1.89 bits per heavy atom. The molecule has 0 aliphatic carbocycles. The molecule has 0 unspecified atom stereocenters. The SMILES string of the molecule is CCOC[C@@H](O)CN(C)C[C@@H](C)c1ccccc1. The minimum Gasteiger partial charge on any atom is -0.389 e. The summed E-state index contributed by atoms with van der Waals surface area (Å²) >= 11 is 0. The van der Waals surface area contributed by atoms with Crippen molar-refractivity contribution in [3.63, 3.8) is 0 Å². The third-order valence-electron chi connectivity index (χ3n) is 2.99. The van der Waals surface area contributed by atoms with E-state index in [2.05, 4.69) is 36.1 Å². The molecule has 0 radical (unpaired) electrons. The van der Waals surface area contributed by atoms with Gasteiger partial charge in [-0.15, -0.1) is 0 Å². The van der Waals surface area contributed by atoms with Crippen LogP contribution < -0.4 is 0 Å². The number of likely N-dealkylation sites (N-methyl/N-ethyl adjacent to an activating group) is 1. The topological polar surface area (TPSA) is 32.7 Å². The van der Waals surface area contributed by atoms with E-state index in [4.69, 9.17) is 4.74 Å². The predicted octanol–water partition coefficient (Wildman–Crippen LogP) is 2.12. The summed E-state index contributed by atoms with van der Waals surface area (Å²) in [4.78, 5) is 2.15. The number of benzene rings is 1. The minimum atomic E-state index is -0.405. The first-order valence-electron chi connectivity index (χ1n) is 6.62. The van der Waals surface area contributed by atoms with E-state index < -0.39 is 6.10 Å². The second-order valence-electron chi connectivity index (χ2n) is 4.85. The van der Waals surface area contributed by atoms with Crippen molar-refractivity contribution in [1.29, 1.82) is 0 Å². The average molecular weight is 251 g/mol. The molecule has 1 rings (SSSR count). The molecule has 1 N–H and O–H groups in total. The molecule has 18 heavy (non-hydrogen) atoms. The van der Waals surface area contributed by atoms with Gasteiger partial charge in [0.05, 0.1) is 12.7 Å². The quantitative estimate of drug-likeness (QED) is 0.768. The van der Waals surface area contributed by atoms with E-state index in [0.717, 1.165) is 6.54 Å². The molecule has 0 spiro atoms. The summed E-state index contributed by atoms with van der Waals surface area (Å²) in [5.41, 5.74) is 1.34. The molecule has 0 aliphatic heterocycles. The first kappa shape index (κ1) is 15.2. The molecule has 3 heteroatoms. The Labute approximate surface area is 110 Å². The fraction of sp³-hybridized carbons (Fsp3) is 0.600. The lowest BCUT2D eigenvalue weighted by molar-refractivity contribution is 0.0249. The van der Waals surface area contributed by atoms with Crippen LogP contribution in [0.5, 0.6) is 0 Å². The maximum atomic E-state index is 9.77. The Hall–Kier alpha value is -0.900. The van der Waals surface area contributed by atoms with Crippen LogP contribution in [0, 0.1) is 0 Å². The lowest BCUT2D eigenvalue weighted by atomic mass is 10.0. The Balaban J connectivity index is 2.33. The van der Waals surface area contributed by atoms with Crippen LogP contribution in [-0.2, 0) is 4.74 Å². The van der Waals surface area contributed by atoms with Crippen molar-refractivity contribution in [2.45, 2.75) is 25.9 Å². The summed E-state index contributed by atoms with van der Waals surface area (Å²) in [5, 5.41) is 9.77. The number of ether oxygens (including phenoxy) is 1. The fourth-order valence-electron chi connectivity index (χ4n) is 2.10. The van der Waals surface area contributed by atoms with Crippen LogP contribution in [0.4, 0.5) is 0 Å². The van der Waals surface area contributed by atoms with Crippen LogP contribution in [0.25, 0.3) is 0 Å². The van der Waals surface area contributed by atoms with E-state index in [1.54, 1.807) is 0 Å². The number of rotatable bonds is 8. The zero-order valence-corrected chi connectivity index (χ0v) is 11.7. The van der Waals surface area contributed by atoms with E-state index in [-0.39, 0.29) is 0 Å². The molecular formula is C15H25NO2. The fourth-order valence-corrected chi connectivity index (χ4v) is 2.10. The summed E-state index contributed by atoms with van der Waals surface area (Å²) in [6.45, 7) is 6.81. The molecule has 2 atom stereocenters. The van der Waals surface area contributed by atoms with Crippen molar-refractivity contribution in [1.82, 2.24) is 4.90 Å². The molecule has 1 aromatic carbocycles. The molecule has 0 heterocycles. The second-order valence-corrected chi connectivity index (χ2v) is 4.85. The summed E-state index contributed by atoms with van der Waals surface area (Å²) in [6.07, 6.45) is -0.405. The number of aliphatic hydroxyl groups is 1. The molecule has 0 saturated carbocycles. The maximum absolute atomic E-state index is 9.77. The molecule has 0 bridgehead atoms. The van der Waals surface area contributed by atoms with Crippen LogP contribution in [-0.4, -0.2) is 49.5 Å². The zero-order chi connectivity index (χ0) is 13.4. The van der Waals surface area contributed by atoms with Crippen molar-refractivity contribution >= 4 is 0 Å². The average Bonchev–Trinajstić information content (AvgIpc) is 2.37. The van der Waals surface area contributed by atoms with Crippen molar-refractivity contribution in [3.8, 4) is 0 Å². The summed E-state index contributed by atoms with van der Waals surface area (Å²) in [7, 11) is 2.04. The van der Waals surface area contributed by atoms with Gasteiger partial charge >= 0.3 is 0 Å². The Bertz CT molecular complexity index is 316. The van der Waals surface area contributed by atoms with E-state index in [9.17, 15) is 5.11 Å². The van der Waals surface area contributed by atoms with Gasteiger partial charge in [0.2, 0.25) is 0 Å². The summed E-state index contributed by atoms with van der Waals surface area (Å²) in [5.74, 6) is 0.468. The van der Waals surface area contributed by atoms with Gasteiger partial charge in [-0.25, -0.2) is 0 Å². The highest BCUT2D eigenvalue weighted by Gasteiger charge is 2.12. The molecule has 0 saturated heterocycles. The molecule has 0 amide bonds. The number of hydrogen-bond acceptors (Lipinski definition) is 3. The first-order chi connectivity index (χ1) is 8.63. The van der Waals surface area contributed by atoms with E-state index in [1.807, 2.05) is 20.0 Å². The van der Waals surface area contributed by atoms with Gasteiger partial charge in [-0.3, -0.25) is 0 Å². The van der Waals surface area contributed by atoms with Gasteiger partial charge in [0.1, 0.15) is 0 Å². The highest BCUT2D eigenvalue weighted by Crippen LogP contribution is 2.15.